The largest absolute Gasteiger partial charge is 0.244 e. The van der Waals surface area contributed by atoms with Crippen molar-refractivity contribution in [2.75, 3.05) is 0 Å². The summed E-state index contributed by atoms with van der Waals surface area (Å²) in [5.41, 5.74) is 14.2. The molecule has 0 radical (unpaired) electrons. The van der Waals surface area contributed by atoms with Crippen molar-refractivity contribution in [2.24, 2.45) is 9.98 Å². The second-order valence-electron chi connectivity index (χ2n) is 11.1. The Labute approximate surface area is 231 Å². The van der Waals surface area contributed by atoms with Gasteiger partial charge in [-0.3, -0.25) is 0 Å². The summed E-state index contributed by atoms with van der Waals surface area (Å²) in [5, 5.41) is 1.86. The Morgan fingerprint density at radius 2 is 0.769 bits per heavy atom. The van der Waals surface area contributed by atoms with Gasteiger partial charge in [0.1, 0.15) is 0 Å². The maximum atomic E-state index is 5.26. The summed E-state index contributed by atoms with van der Waals surface area (Å²) in [6, 6.07) is 34.9. The van der Waals surface area contributed by atoms with Crippen LogP contribution in [0.5, 0.6) is 0 Å². The van der Waals surface area contributed by atoms with Crippen molar-refractivity contribution in [3.63, 3.8) is 0 Å². The fraction of sp³-hybridized carbons (Fsp3) is 0.189. The predicted octanol–water partition coefficient (Wildman–Crippen LogP) is 8.03. The van der Waals surface area contributed by atoms with Crippen LogP contribution in [0.2, 0.25) is 0 Å². The third-order valence-electron chi connectivity index (χ3n) is 7.95. The van der Waals surface area contributed by atoms with Gasteiger partial charge in [-0.15, -0.1) is 0 Å². The maximum Gasteiger partial charge on any atom is 0.202 e. The molecule has 0 fully saturated rings. The van der Waals surface area contributed by atoms with Crippen LogP contribution in [-0.4, -0.2) is 0 Å². The van der Waals surface area contributed by atoms with Crippen molar-refractivity contribution in [3.05, 3.63) is 152 Å². The number of hydrogen-bond acceptors (Lipinski definition) is 2. The van der Waals surface area contributed by atoms with Crippen molar-refractivity contribution in [1.29, 1.82) is 0 Å². The zero-order valence-electron chi connectivity index (χ0n) is 23.6. The van der Waals surface area contributed by atoms with E-state index in [9.17, 15) is 0 Å². The Balaban J connectivity index is 1.47. The molecule has 192 valence electrons. The molecule has 5 aromatic rings. The quantitative estimate of drug-likeness (QED) is 0.236. The third-order valence-corrected chi connectivity index (χ3v) is 7.95. The molecule has 5 aromatic carbocycles. The minimum Gasteiger partial charge on any atom is -0.244 e. The molecule has 39 heavy (non-hydrogen) atoms. The van der Waals surface area contributed by atoms with Crippen LogP contribution in [0.4, 0.5) is 0 Å². The summed E-state index contributed by atoms with van der Waals surface area (Å²) in [6.07, 6.45) is 0. The number of hydrogen-bond donors (Lipinski definition) is 0. The number of benzene rings is 5. The van der Waals surface area contributed by atoms with Gasteiger partial charge in [0.2, 0.25) is 5.66 Å². The van der Waals surface area contributed by atoms with Crippen LogP contribution >= 0.6 is 0 Å². The first kappa shape index (κ1) is 25.0. The highest BCUT2D eigenvalue weighted by atomic mass is 15.1. The van der Waals surface area contributed by atoms with Gasteiger partial charge in [-0.2, -0.15) is 0 Å². The Morgan fingerprint density at radius 3 is 1.10 bits per heavy atom. The summed E-state index contributed by atoms with van der Waals surface area (Å²) in [4.78, 5) is 10.5. The van der Waals surface area contributed by atoms with E-state index in [1.54, 1.807) is 0 Å². The highest BCUT2D eigenvalue weighted by Crippen LogP contribution is 2.39. The van der Waals surface area contributed by atoms with Crippen LogP contribution < -0.4 is 10.7 Å². The minimum atomic E-state index is -0.810. The lowest BCUT2D eigenvalue weighted by Gasteiger charge is -2.25. The Kier molecular flexibility index (Phi) is 6.07. The third kappa shape index (κ3) is 4.30. The molecule has 2 nitrogen and oxygen atoms in total. The summed E-state index contributed by atoms with van der Waals surface area (Å²) in [6.45, 7) is 13.1. The highest BCUT2D eigenvalue weighted by molar-refractivity contribution is 5.73. The molecule has 1 aliphatic rings. The zero-order chi connectivity index (χ0) is 27.3. The second-order valence-corrected chi connectivity index (χ2v) is 11.1. The normalized spacial score (nSPS) is 13.5. The van der Waals surface area contributed by atoms with Gasteiger partial charge in [-0.25, -0.2) is 9.98 Å². The van der Waals surface area contributed by atoms with Gasteiger partial charge >= 0.3 is 0 Å². The summed E-state index contributed by atoms with van der Waals surface area (Å²) >= 11 is 0. The number of aryl methyl sites for hydroxylation is 6. The Bertz CT molecular complexity index is 1660. The second kappa shape index (κ2) is 9.47. The molecule has 0 saturated heterocycles. The predicted molar refractivity (Wildman–Crippen MR) is 162 cm³/mol. The number of fused-ring (bicyclic) bond motifs is 1. The van der Waals surface area contributed by atoms with E-state index in [0.717, 1.165) is 21.8 Å². The molecule has 6 rings (SSSR count). The van der Waals surface area contributed by atoms with Gasteiger partial charge in [0.15, 0.2) is 0 Å². The van der Waals surface area contributed by atoms with Gasteiger partial charge in [0, 0.05) is 11.1 Å². The zero-order valence-corrected chi connectivity index (χ0v) is 23.6. The number of nitrogens with zero attached hydrogens (tertiary/aromatic N) is 2. The van der Waals surface area contributed by atoms with Crippen LogP contribution in [-0.2, 0) is 5.66 Å². The smallest absolute Gasteiger partial charge is 0.202 e. The van der Waals surface area contributed by atoms with Gasteiger partial charge in [0.05, 0.1) is 10.7 Å². The van der Waals surface area contributed by atoms with Crippen LogP contribution in [0.15, 0.2) is 107 Å². The number of rotatable bonds is 4. The summed E-state index contributed by atoms with van der Waals surface area (Å²) < 4.78 is 0. The average molecular weight is 507 g/mol. The topological polar surface area (TPSA) is 24.7 Å². The fourth-order valence-electron chi connectivity index (χ4n) is 6.46. The van der Waals surface area contributed by atoms with E-state index in [4.69, 9.17) is 9.98 Å². The maximum absolute atomic E-state index is 5.26. The van der Waals surface area contributed by atoms with E-state index in [-0.39, 0.29) is 0 Å². The molecule has 0 N–H and O–H groups in total. The van der Waals surface area contributed by atoms with Crippen LogP contribution in [0.3, 0.4) is 0 Å². The first-order valence-electron chi connectivity index (χ1n) is 13.7. The van der Waals surface area contributed by atoms with Gasteiger partial charge < -0.3 is 0 Å². The van der Waals surface area contributed by atoms with Crippen molar-refractivity contribution in [2.45, 2.75) is 47.2 Å². The molecule has 0 spiro atoms. The lowest BCUT2D eigenvalue weighted by atomic mass is 9.87. The van der Waals surface area contributed by atoms with E-state index < -0.39 is 5.66 Å². The molecule has 0 bridgehead atoms. The van der Waals surface area contributed by atoms with E-state index in [0.29, 0.717) is 0 Å². The molecule has 2 heteroatoms. The molecule has 0 amide bonds. The molecule has 0 unspecified atom stereocenters. The monoisotopic (exact) mass is 506 g/mol. The highest BCUT2D eigenvalue weighted by Gasteiger charge is 2.35. The van der Waals surface area contributed by atoms with E-state index in [1.165, 1.54) is 55.6 Å². The van der Waals surface area contributed by atoms with E-state index in [1.807, 2.05) is 12.1 Å². The lowest BCUT2D eigenvalue weighted by Crippen LogP contribution is -2.22. The minimum absolute atomic E-state index is 0.810. The van der Waals surface area contributed by atoms with Gasteiger partial charge in [-0.1, -0.05) is 96.1 Å². The average Bonchev–Trinajstić information content (AvgIpc) is 3.29. The van der Waals surface area contributed by atoms with Crippen molar-refractivity contribution < 1.29 is 0 Å². The molecule has 0 saturated carbocycles. The van der Waals surface area contributed by atoms with Crippen LogP contribution in [0.1, 0.15) is 44.5 Å². The molecular formula is C37H34N2. The van der Waals surface area contributed by atoms with Gasteiger partial charge in [0.25, 0.3) is 0 Å². The lowest BCUT2D eigenvalue weighted by molar-refractivity contribution is 0.570. The van der Waals surface area contributed by atoms with E-state index in [2.05, 4.69) is 126 Å². The first-order chi connectivity index (χ1) is 18.7. The van der Waals surface area contributed by atoms with Crippen molar-refractivity contribution >= 4 is 0 Å². The van der Waals surface area contributed by atoms with Crippen LogP contribution in [0, 0.1) is 41.5 Å². The van der Waals surface area contributed by atoms with Crippen molar-refractivity contribution in [3.8, 4) is 22.3 Å². The molecular weight excluding hydrogens is 472 g/mol. The fourth-order valence-corrected chi connectivity index (χ4v) is 6.46. The molecule has 1 aliphatic heterocycles. The van der Waals surface area contributed by atoms with E-state index >= 15 is 0 Å². The SMILES string of the molecule is Cc1cc(C)c(-c2ccc(C3(c4ccc(-c5c(C)cc(C)cc5C)cc4)N=c4ccccc4=N3)cc2)c(C)c1. The Morgan fingerprint density at radius 1 is 0.436 bits per heavy atom. The first-order valence-corrected chi connectivity index (χ1v) is 13.7. The van der Waals surface area contributed by atoms with Gasteiger partial charge in [-0.05, 0) is 98.2 Å². The van der Waals surface area contributed by atoms with Crippen LogP contribution in [0.25, 0.3) is 22.3 Å². The summed E-state index contributed by atoms with van der Waals surface area (Å²) in [5.74, 6) is 0. The molecule has 1 heterocycles. The molecule has 0 aromatic heterocycles. The molecule has 0 aliphatic carbocycles. The number of para-hydroxylation sites is 2. The molecule has 0 atom stereocenters. The standard InChI is InChI=1S/C37H34N2/c1-23-19-25(3)35(26(4)20-23)29-11-15-31(16-12-29)37(38-33-9-7-8-10-34(33)39-37)32-17-13-30(14-18-32)36-27(5)21-24(2)22-28(36)6/h7-22H,1-6H3. The Hall–Kier alpha value is -4.30. The summed E-state index contributed by atoms with van der Waals surface area (Å²) in [7, 11) is 0. The van der Waals surface area contributed by atoms with Crippen molar-refractivity contribution in [1.82, 2.24) is 0 Å².